The molecule has 6 rings (SSSR count). The van der Waals surface area contributed by atoms with Crippen LogP contribution in [0, 0.1) is 6.92 Å². The molecule has 0 bridgehead atoms. The summed E-state index contributed by atoms with van der Waals surface area (Å²) in [7, 11) is 3.38. The number of nitrogens with zero attached hydrogens (tertiary/aromatic N) is 3. The van der Waals surface area contributed by atoms with Gasteiger partial charge >= 0.3 is 5.69 Å². The molecule has 0 spiro atoms. The Labute approximate surface area is 217 Å². The molecule has 5 aromatic rings. The molecule has 0 fully saturated rings. The third-order valence-corrected chi connectivity index (χ3v) is 7.70. The fourth-order valence-electron chi connectivity index (χ4n) is 5.67. The summed E-state index contributed by atoms with van der Waals surface area (Å²) in [6, 6.07) is 14.8. The highest BCUT2D eigenvalue weighted by molar-refractivity contribution is 5.86. The number of benzene rings is 2. The number of aromatic hydroxyl groups is 1. The number of imidazole rings is 1. The minimum atomic E-state index is -0.723. The van der Waals surface area contributed by atoms with Gasteiger partial charge in [-0.25, -0.2) is 4.79 Å². The second kappa shape index (κ2) is 8.79. The Morgan fingerprint density at radius 3 is 2.66 bits per heavy atom. The molecule has 9 heteroatoms. The van der Waals surface area contributed by atoms with E-state index < -0.39 is 17.1 Å². The van der Waals surface area contributed by atoms with E-state index in [1.54, 1.807) is 30.5 Å². The van der Waals surface area contributed by atoms with Gasteiger partial charge in [-0.3, -0.25) is 18.7 Å². The van der Waals surface area contributed by atoms with Crippen molar-refractivity contribution in [1.82, 2.24) is 19.0 Å². The summed E-state index contributed by atoms with van der Waals surface area (Å²) in [5.74, 6) is -0.961. The van der Waals surface area contributed by atoms with Crippen LogP contribution in [0.3, 0.4) is 0 Å². The van der Waals surface area contributed by atoms with Crippen LogP contribution in [-0.4, -0.2) is 36.6 Å². The van der Waals surface area contributed by atoms with Crippen molar-refractivity contribution in [1.29, 1.82) is 0 Å². The van der Waals surface area contributed by atoms with Gasteiger partial charge in [-0.15, -0.1) is 0 Å². The van der Waals surface area contributed by atoms with Crippen LogP contribution >= 0.6 is 0 Å². The smallest absolute Gasteiger partial charge is 0.328 e. The normalized spacial score (nSPS) is 14.2. The molecule has 1 atom stereocenters. The first-order chi connectivity index (χ1) is 18.2. The van der Waals surface area contributed by atoms with Crippen LogP contribution in [-0.2, 0) is 31.9 Å². The number of amides is 1. The minimum Gasteiger partial charge on any atom is -0.502 e. The number of fused-ring (bicyclic) bond motifs is 4. The van der Waals surface area contributed by atoms with Gasteiger partial charge in [0.1, 0.15) is 5.76 Å². The molecule has 0 radical (unpaired) electrons. The third kappa shape index (κ3) is 3.73. The minimum absolute atomic E-state index is 0.0121. The number of carbonyl (C=O) groups is 1. The van der Waals surface area contributed by atoms with Gasteiger partial charge in [-0.1, -0.05) is 24.3 Å². The fourth-order valence-corrected chi connectivity index (χ4v) is 5.67. The SMILES string of the molecule is Cc1cc(=O)c(O)c(C(CC(=O)N2CCc3c([nH]c4ccccc34)C2)c2ccc3c(c2)n(C)c(=O)n3C)o1. The first-order valence-corrected chi connectivity index (χ1v) is 12.6. The first kappa shape index (κ1) is 23.8. The second-order valence-electron chi connectivity index (χ2n) is 10.0. The molecule has 1 amide bonds. The Kier molecular flexibility index (Phi) is 5.52. The number of carbonyl (C=O) groups excluding carboxylic acids is 1. The molecule has 0 saturated heterocycles. The molecule has 3 aromatic heterocycles. The lowest BCUT2D eigenvalue weighted by Gasteiger charge is -2.29. The maximum absolute atomic E-state index is 13.7. The van der Waals surface area contributed by atoms with Crippen molar-refractivity contribution in [2.75, 3.05) is 6.54 Å². The number of hydrogen-bond donors (Lipinski definition) is 2. The summed E-state index contributed by atoms with van der Waals surface area (Å²) in [6.45, 7) is 2.65. The Bertz CT molecular complexity index is 1850. The van der Waals surface area contributed by atoms with Crippen LogP contribution in [0.25, 0.3) is 21.9 Å². The van der Waals surface area contributed by atoms with Gasteiger partial charge < -0.3 is 19.4 Å². The van der Waals surface area contributed by atoms with E-state index in [4.69, 9.17) is 4.42 Å². The second-order valence-corrected chi connectivity index (χ2v) is 10.0. The summed E-state index contributed by atoms with van der Waals surface area (Å²) in [5.41, 5.74) is 4.67. The number of H-pyrrole nitrogens is 1. The van der Waals surface area contributed by atoms with Crippen molar-refractivity contribution < 1.29 is 14.3 Å². The summed E-state index contributed by atoms with van der Waals surface area (Å²) in [6.07, 6.45) is 0.723. The standard InChI is InChI=1S/C29H28N4O5/c1-16-12-25(34)27(36)28(38-16)20(17-8-9-23-24(13-17)32(3)29(37)31(23)2)14-26(35)33-11-10-19-18-6-4-5-7-21(18)30-22(19)15-33/h4-9,12-13,20,30,36H,10-11,14-15H2,1-3H3. The number of aryl methyl sites for hydroxylation is 3. The van der Waals surface area contributed by atoms with E-state index >= 15 is 0 Å². The summed E-state index contributed by atoms with van der Waals surface area (Å²) >= 11 is 0. The van der Waals surface area contributed by atoms with Gasteiger partial charge in [0.2, 0.25) is 17.1 Å². The van der Waals surface area contributed by atoms with E-state index in [1.807, 2.05) is 36.4 Å². The predicted molar refractivity (Wildman–Crippen MR) is 143 cm³/mol. The molecular formula is C29H28N4O5. The highest BCUT2D eigenvalue weighted by Gasteiger charge is 2.30. The molecule has 2 aromatic carbocycles. The van der Waals surface area contributed by atoms with E-state index in [-0.39, 0.29) is 23.8 Å². The van der Waals surface area contributed by atoms with Crippen LogP contribution < -0.4 is 11.1 Å². The lowest BCUT2D eigenvalue weighted by atomic mass is 9.90. The lowest BCUT2D eigenvalue weighted by Crippen LogP contribution is -2.36. The Morgan fingerprint density at radius 2 is 1.84 bits per heavy atom. The number of hydrogen-bond acceptors (Lipinski definition) is 5. The van der Waals surface area contributed by atoms with Gasteiger partial charge in [0.15, 0.2) is 5.76 Å². The van der Waals surface area contributed by atoms with Gasteiger partial charge in [-0.05, 0) is 42.7 Å². The quantitative estimate of drug-likeness (QED) is 0.383. The van der Waals surface area contributed by atoms with E-state index in [0.717, 1.165) is 23.1 Å². The Hall–Kier alpha value is -4.53. The number of para-hydroxylation sites is 1. The van der Waals surface area contributed by atoms with Crippen molar-refractivity contribution in [2.45, 2.75) is 32.2 Å². The maximum Gasteiger partial charge on any atom is 0.328 e. The molecule has 194 valence electrons. The molecule has 1 unspecified atom stereocenters. The largest absolute Gasteiger partial charge is 0.502 e. The number of aromatic amines is 1. The maximum atomic E-state index is 13.7. The summed E-state index contributed by atoms with van der Waals surface area (Å²) in [5, 5.41) is 11.9. The molecule has 9 nitrogen and oxygen atoms in total. The van der Waals surface area contributed by atoms with Crippen molar-refractivity contribution in [3.63, 3.8) is 0 Å². The molecule has 0 saturated carbocycles. The van der Waals surface area contributed by atoms with Crippen molar-refractivity contribution in [3.05, 3.63) is 97.6 Å². The summed E-state index contributed by atoms with van der Waals surface area (Å²) < 4.78 is 8.94. The average molecular weight is 513 g/mol. The van der Waals surface area contributed by atoms with Crippen molar-refractivity contribution in [2.24, 2.45) is 14.1 Å². The van der Waals surface area contributed by atoms with Crippen LogP contribution in [0.2, 0.25) is 0 Å². The Morgan fingerprint density at radius 1 is 1.08 bits per heavy atom. The van der Waals surface area contributed by atoms with Gasteiger partial charge in [0.05, 0.1) is 23.5 Å². The van der Waals surface area contributed by atoms with E-state index in [0.29, 0.717) is 29.9 Å². The molecule has 1 aliphatic rings. The Balaban J connectivity index is 1.39. The van der Waals surface area contributed by atoms with Gasteiger partial charge in [0.25, 0.3) is 0 Å². The fraction of sp³-hybridized carbons (Fsp3) is 0.276. The predicted octanol–water partition coefficient (Wildman–Crippen LogP) is 3.43. The molecule has 4 heterocycles. The summed E-state index contributed by atoms with van der Waals surface area (Å²) in [4.78, 5) is 43.9. The molecule has 2 N–H and O–H groups in total. The zero-order valence-electron chi connectivity index (χ0n) is 21.4. The zero-order valence-corrected chi connectivity index (χ0v) is 21.4. The van der Waals surface area contributed by atoms with Crippen LogP contribution in [0.5, 0.6) is 5.75 Å². The lowest BCUT2D eigenvalue weighted by molar-refractivity contribution is -0.132. The number of rotatable bonds is 4. The topological polar surface area (TPSA) is 113 Å². The highest BCUT2D eigenvalue weighted by atomic mass is 16.4. The third-order valence-electron chi connectivity index (χ3n) is 7.70. The molecular weight excluding hydrogens is 484 g/mol. The molecule has 1 aliphatic heterocycles. The number of nitrogens with one attached hydrogen (secondary N) is 1. The first-order valence-electron chi connectivity index (χ1n) is 12.6. The van der Waals surface area contributed by atoms with Gasteiger partial charge in [-0.2, -0.15) is 0 Å². The van der Waals surface area contributed by atoms with Gasteiger partial charge in [0, 0.05) is 49.7 Å². The molecule has 38 heavy (non-hydrogen) atoms. The van der Waals surface area contributed by atoms with Crippen molar-refractivity contribution in [3.8, 4) is 5.75 Å². The van der Waals surface area contributed by atoms with E-state index in [1.165, 1.54) is 21.6 Å². The average Bonchev–Trinajstić information content (AvgIpc) is 3.39. The van der Waals surface area contributed by atoms with Crippen molar-refractivity contribution >= 4 is 27.8 Å². The van der Waals surface area contributed by atoms with Crippen LogP contribution in [0.1, 0.15) is 40.7 Å². The zero-order chi connectivity index (χ0) is 26.7. The van der Waals surface area contributed by atoms with Crippen LogP contribution in [0.4, 0.5) is 0 Å². The van der Waals surface area contributed by atoms with Crippen LogP contribution in [0.15, 0.2) is 62.5 Å². The van der Waals surface area contributed by atoms with E-state index in [9.17, 15) is 19.5 Å². The van der Waals surface area contributed by atoms with E-state index in [2.05, 4.69) is 11.1 Å². The number of aromatic nitrogens is 3. The molecule has 0 aliphatic carbocycles. The monoisotopic (exact) mass is 512 g/mol. The highest BCUT2D eigenvalue weighted by Crippen LogP contribution is 2.36.